The molecule has 136 valence electrons. The lowest BCUT2D eigenvalue weighted by Crippen LogP contribution is -2.55. The normalized spacial score (nSPS) is 32.9. The average molecular weight is 367 g/mol. The van der Waals surface area contributed by atoms with Gasteiger partial charge in [-0.15, -0.1) is 4.72 Å². The maximum atomic E-state index is 12.7. The fraction of sp³-hybridized carbons (Fsp3) is 0.625. The van der Waals surface area contributed by atoms with Gasteiger partial charge in [-0.2, -0.15) is 0 Å². The van der Waals surface area contributed by atoms with Crippen LogP contribution in [0.5, 0.6) is 5.88 Å². The maximum absolute atomic E-state index is 12.7. The van der Waals surface area contributed by atoms with E-state index in [1.54, 1.807) is 11.0 Å². The average Bonchev–Trinajstić information content (AvgIpc) is 2.99. The SMILES string of the molecule is O=C(C1CCOCC1)N1CCC2(COc3ncccc3[S+](=O)([O-])N2)C1. The molecule has 0 aliphatic carbocycles. The van der Waals surface area contributed by atoms with Crippen molar-refractivity contribution in [1.29, 1.82) is 0 Å². The molecule has 2 unspecified atom stereocenters. The van der Waals surface area contributed by atoms with Gasteiger partial charge in [0.25, 0.3) is 5.88 Å². The van der Waals surface area contributed by atoms with Gasteiger partial charge >= 0.3 is 0 Å². The molecule has 8 nitrogen and oxygen atoms in total. The van der Waals surface area contributed by atoms with Crippen LogP contribution in [0.4, 0.5) is 0 Å². The van der Waals surface area contributed by atoms with Crippen LogP contribution in [-0.2, 0) is 24.1 Å². The minimum Gasteiger partial charge on any atom is -0.593 e. The molecule has 4 rings (SSSR count). The summed E-state index contributed by atoms with van der Waals surface area (Å²) >= 11 is 0. The molecule has 0 saturated carbocycles. The molecule has 1 N–H and O–H groups in total. The molecule has 4 heterocycles. The van der Waals surface area contributed by atoms with Gasteiger partial charge in [0.05, 0.1) is 0 Å². The lowest BCUT2D eigenvalue weighted by atomic mass is 9.98. The van der Waals surface area contributed by atoms with Crippen molar-refractivity contribution in [2.24, 2.45) is 5.92 Å². The van der Waals surface area contributed by atoms with E-state index in [1.165, 1.54) is 12.3 Å². The topological polar surface area (TPSA) is 104 Å². The highest BCUT2D eigenvalue weighted by Crippen LogP contribution is 2.34. The van der Waals surface area contributed by atoms with Crippen LogP contribution in [0.2, 0.25) is 0 Å². The first-order valence-electron chi connectivity index (χ1n) is 8.47. The molecule has 0 aromatic carbocycles. The van der Waals surface area contributed by atoms with Crippen molar-refractivity contribution in [3.8, 4) is 5.88 Å². The van der Waals surface area contributed by atoms with Gasteiger partial charge in [-0.1, -0.05) is 4.21 Å². The van der Waals surface area contributed by atoms with E-state index in [0.29, 0.717) is 32.7 Å². The summed E-state index contributed by atoms with van der Waals surface area (Å²) in [5.74, 6) is 0.159. The Labute approximate surface area is 147 Å². The minimum atomic E-state index is -3.74. The first-order valence-corrected chi connectivity index (χ1v) is 9.96. The number of carbonyl (C=O) groups excluding carboxylic acids is 1. The molecule has 1 aromatic heterocycles. The molecule has 25 heavy (non-hydrogen) atoms. The Kier molecular flexibility index (Phi) is 4.27. The Balaban J connectivity index is 1.52. The summed E-state index contributed by atoms with van der Waals surface area (Å²) in [5.41, 5.74) is -0.805. The summed E-state index contributed by atoms with van der Waals surface area (Å²) in [4.78, 5) is 18.6. The lowest BCUT2D eigenvalue weighted by molar-refractivity contribution is -0.137. The summed E-state index contributed by atoms with van der Waals surface area (Å²) in [6, 6.07) is 3.04. The van der Waals surface area contributed by atoms with Crippen molar-refractivity contribution in [2.45, 2.75) is 29.7 Å². The minimum absolute atomic E-state index is 0.0360. The fourth-order valence-corrected chi connectivity index (χ4v) is 5.23. The molecule has 1 amide bonds. The van der Waals surface area contributed by atoms with E-state index in [4.69, 9.17) is 9.47 Å². The van der Waals surface area contributed by atoms with Crippen LogP contribution in [0.3, 0.4) is 0 Å². The van der Waals surface area contributed by atoms with Gasteiger partial charge in [0.2, 0.25) is 10.8 Å². The number of amides is 1. The Morgan fingerprint density at radius 2 is 2.24 bits per heavy atom. The number of fused-ring (bicyclic) bond motifs is 1. The number of nitrogens with zero attached hydrogens (tertiary/aromatic N) is 2. The first-order chi connectivity index (χ1) is 12.0. The molecule has 0 bridgehead atoms. The van der Waals surface area contributed by atoms with E-state index < -0.39 is 15.9 Å². The number of carbonyl (C=O) groups is 1. The third-order valence-corrected chi connectivity index (χ3v) is 6.69. The standard InChI is InChI=1S/C16H21N3O5S/c20-15(12-3-8-23-9-4-12)19-7-5-16(10-19)11-24-14-13(2-1-6-17-14)25(21,22)18-16/h1-2,6,12H,3-5,7-11H2,(H-,18,21,22). The van der Waals surface area contributed by atoms with Crippen molar-refractivity contribution in [2.75, 3.05) is 32.9 Å². The van der Waals surface area contributed by atoms with E-state index in [1.807, 2.05) is 0 Å². The summed E-state index contributed by atoms with van der Waals surface area (Å²) in [6.45, 7) is 2.20. The van der Waals surface area contributed by atoms with E-state index >= 15 is 0 Å². The van der Waals surface area contributed by atoms with Crippen LogP contribution >= 0.6 is 0 Å². The van der Waals surface area contributed by atoms with Crippen LogP contribution in [0.1, 0.15) is 19.3 Å². The smallest absolute Gasteiger partial charge is 0.272 e. The zero-order chi connectivity index (χ0) is 17.5. The second kappa shape index (κ2) is 6.31. The molecule has 3 aliphatic rings. The molecule has 2 atom stereocenters. The summed E-state index contributed by atoms with van der Waals surface area (Å²) in [7, 11) is -3.74. The van der Waals surface area contributed by atoms with Crippen LogP contribution in [0.25, 0.3) is 0 Å². The largest absolute Gasteiger partial charge is 0.593 e. The Hall–Kier alpha value is -1.55. The van der Waals surface area contributed by atoms with Gasteiger partial charge in [-0.25, -0.2) is 4.98 Å². The molecular weight excluding hydrogens is 346 g/mol. The molecular formula is C16H21N3O5S. The van der Waals surface area contributed by atoms with Gasteiger partial charge in [-0.05, 0) is 25.3 Å². The number of pyridine rings is 1. The first kappa shape index (κ1) is 16.9. The highest BCUT2D eigenvalue weighted by atomic mass is 32.3. The number of nitrogens with one attached hydrogen (secondary N) is 1. The van der Waals surface area contributed by atoms with Crippen LogP contribution in [0.15, 0.2) is 23.2 Å². The second-order valence-corrected chi connectivity index (χ2v) is 8.53. The predicted octanol–water partition coefficient (Wildman–Crippen LogP) is 0.365. The van der Waals surface area contributed by atoms with Crippen LogP contribution < -0.4 is 9.46 Å². The summed E-state index contributed by atoms with van der Waals surface area (Å²) < 4.78 is 39.1. The van der Waals surface area contributed by atoms with Gasteiger partial charge in [-0.3, -0.25) is 4.79 Å². The number of likely N-dealkylation sites (tertiary alicyclic amines) is 1. The van der Waals surface area contributed by atoms with E-state index in [9.17, 15) is 13.6 Å². The van der Waals surface area contributed by atoms with Crippen molar-refractivity contribution >= 4 is 16.3 Å². The predicted molar refractivity (Wildman–Crippen MR) is 87.4 cm³/mol. The van der Waals surface area contributed by atoms with Gasteiger partial charge in [0, 0.05) is 44.5 Å². The molecule has 9 heteroatoms. The van der Waals surface area contributed by atoms with E-state index in [-0.39, 0.29) is 29.2 Å². The number of rotatable bonds is 1. The zero-order valence-corrected chi connectivity index (χ0v) is 14.6. The summed E-state index contributed by atoms with van der Waals surface area (Å²) in [5, 5.41) is 0. The number of ether oxygens (including phenoxy) is 2. The van der Waals surface area contributed by atoms with Gasteiger partial charge in [0.1, 0.15) is 12.1 Å². The molecule has 3 aliphatic heterocycles. The Bertz CT molecular complexity index is 723. The van der Waals surface area contributed by atoms with E-state index in [0.717, 1.165) is 12.8 Å². The quantitative estimate of drug-likeness (QED) is 0.719. The lowest BCUT2D eigenvalue weighted by Gasteiger charge is -2.30. The monoisotopic (exact) mass is 367 g/mol. The Morgan fingerprint density at radius 1 is 1.44 bits per heavy atom. The van der Waals surface area contributed by atoms with Crippen molar-refractivity contribution < 1.29 is 23.0 Å². The molecule has 2 fully saturated rings. The molecule has 2 saturated heterocycles. The number of hydrogen-bond donors (Lipinski definition) is 1. The Morgan fingerprint density at radius 3 is 3.04 bits per heavy atom. The van der Waals surface area contributed by atoms with Crippen LogP contribution in [0, 0.1) is 5.92 Å². The highest BCUT2D eigenvalue weighted by molar-refractivity contribution is 7.96. The molecule has 1 aromatic rings. The second-order valence-electron chi connectivity index (χ2n) is 6.88. The van der Waals surface area contributed by atoms with Crippen molar-refractivity contribution in [3.63, 3.8) is 0 Å². The fourth-order valence-electron chi connectivity index (χ4n) is 3.73. The number of aromatic nitrogens is 1. The molecule has 1 spiro atoms. The third-order valence-electron chi connectivity index (χ3n) is 5.10. The van der Waals surface area contributed by atoms with Crippen molar-refractivity contribution in [1.82, 2.24) is 14.6 Å². The third kappa shape index (κ3) is 3.17. The van der Waals surface area contributed by atoms with Crippen molar-refractivity contribution in [3.05, 3.63) is 18.3 Å². The van der Waals surface area contributed by atoms with Crippen LogP contribution in [-0.4, -0.2) is 58.8 Å². The van der Waals surface area contributed by atoms with Gasteiger partial charge in [0.15, 0.2) is 10.4 Å². The zero-order valence-electron chi connectivity index (χ0n) is 13.8. The number of sulfonamides is 1. The molecule has 0 radical (unpaired) electrons. The highest BCUT2D eigenvalue weighted by Gasteiger charge is 2.49. The summed E-state index contributed by atoms with van der Waals surface area (Å²) in [6.07, 6.45) is 3.47. The van der Waals surface area contributed by atoms with E-state index in [2.05, 4.69) is 9.71 Å². The maximum Gasteiger partial charge on any atom is 0.272 e. The van der Waals surface area contributed by atoms with Gasteiger partial charge < -0.3 is 18.9 Å². The number of hydrogen-bond acceptors (Lipinski definition) is 6.